The average Bonchev–Trinajstić information content (AvgIpc) is 2.76. The van der Waals surface area contributed by atoms with Crippen molar-refractivity contribution in [3.8, 4) is 0 Å². The molecule has 20 heavy (non-hydrogen) atoms. The molecular formula is C15H23N5. The van der Waals surface area contributed by atoms with Gasteiger partial charge in [-0.1, -0.05) is 6.07 Å². The van der Waals surface area contributed by atoms with E-state index in [1.54, 1.807) is 0 Å². The Hall–Kier alpha value is -1.46. The normalized spacial score (nSPS) is 21.1. The molecule has 0 spiro atoms. The molecule has 5 heteroatoms. The maximum Gasteiger partial charge on any atom is 0.160 e. The van der Waals surface area contributed by atoms with Gasteiger partial charge in [-0.3, -0.25) is 4.40 Å². The molecule has 3 heterocycles. The molecule has 2 aromatic heterocycles. The summed E-state index contributed by atoms with van der Waals surface area (Å²) in [7, 11) is 2.21. The molecule has 0 aromatic carbocycles. The van der Waals surface area contributed by atoms with Crippen molar-refractivity contribution in [2.24, 2.45) is 0 Å². The first-order valence-corrected chi connectivity index (χ1v) is 7.53. The molecule has 1 aliphatic rings. The zero-order valence-electron chi connectivity index (χ0n) is 12.1. The van der Waals surface area contributed by atoms with E-state index in [-0.39, 0.29) is 0 Å². The molecule has 1 saturated heterocycles. The number of rotatable bonds is 4. The largest absolute Gasteiger partial charge is 0.313 e. The highest BCUT2D eigenvalue weighted by atomic mass is 15.2. The van der Waals surface area contributed by atoms with Crippen LogP contribution in [0.2, 0.25) is 0 Å². The summed E-state index contributed by atoms with van der Waals surface area (Å²) in [4.78, 5) is 2.42. The van der Waals surface area contributed by atoms with Crippen LogP contribution in [0.4, 0.5) is 0 Å². The summed E-state index contributed by atoms with van der Waals surface area (Å²) in [5.41, 5.74) is 0.929. The summed E-state index contributed by atoms with van der Waals surface area (Å²) in [5.74, 6) is 1.04. The van der Waals surface area contributed by atoms with Crippen LogP contribution < -0.4 is 5.32 Å². The van der Waals surface area contributed by atoms with Crippen molar-refractivity contribution in [1.82, 2.24) is 24.8 Å². The number of hydrogen-bond donors (Lipinski definition) is 1. The van der Waals surface area contributed by atoms with Gasteiger partial charge in [0.15, 0.2) is 5.65 Å². The Labute approximate surface area is 120 Å². The summed E-state index contributed by atoms with van der Waals surface area (Å²) >= 11 is 0. The second-order valence-corrected chi connectivity index (χ2v) is 5.68. The Kier molecular flexibility index (Phi) is 4.28. The molecule has 0 bridgehead atoms. The number of aromatic nitrogens is 3. The molecule has 108 valence electrons. The summed E-state index contributed by atoms with van der Waals surface area (Å²) in [5, 5.41) is 12.1. The molecule has 3 rings (SSSR count). The lowest BCUT2D eigenvalue weighted by atomic mass is 10.1. The molecule has 0 amide bonds. The fraction of sp³-hybridized carbons (Fsp3) is 0.600. The molecule has 0 saturated carbocycles. The minimum absolute atomic E-state index is 0.652. The number of nitrogens with zero attached hydrogens (tertiary/aromatic N) is 4. The van der Waals surface area contributed by atoms with Crippen molar-refractivity contribution in [1.29, 1.82) is 0 Å². The Morgan fingerprint density at radius 2 is 2.20 bits per heavy atom. The average molecular weight is 273 g/mol. The minimum Gasteiger partial charge on any atom is -0.313 e. The predicted molar refractivity (Wildman–Crippen MR) is 79.8 cm³/mol. The molecule has 1 N–H and O–H groups in total. The van der Waals surface area contributed by atoms with E-state index in [1.807, 2.05) is 24.4 Å². The van der Waals surface area contributed by atoms with Gasteiger partial charge in [-0.2, -0.15) is 0 Å². The van der Waals surface area contributed by atoms with Crippen molar-refractivity contribution >= 4 is 5.65 Å². The van der Waals surface area contributed by atoms with Gasteiger partial charge in [-0.15, -0.1) is 10.2 Å². The van der Waals surface area contributed by atoms with Crippen LogP contribution in [0.5, 0.6) is 0 Å². The molecule has 0 aliphatic carbocycles. The van der Waals surface area contributed by atoms with Gasteiger partial charge in [-0.25, -0.2) is 0 Å². The molecule has 1 unspecified atom stereocenters. The monoisotopic (exact) mass is 273 g/mol. The third kappa shape index (κ3) is 3.16. The lowest BCUT2D eigenvalue weighted by Gasteiger charge is -2.16. The van der Waals surface area contributed by atoms with E-state index in [0.717, 1.165) is 24.4 Å². The number of pyridine rings is 1. The number of fused-ring (bicyclic) bond motifs is 1. The van der Waals surface area contributed by atoms with Crippen LogP contribution in [-0.4, -0.2) is 52.2 Å². The van der Waals surface area contributed by atoms with Crippen molar-refractivity contribution in [3.05, 3.63) is 30.2 Å². The Morgan fingerprint density at radius 3 is 3.15 bits per heavy atom. The molecule has 1 atom stereocenters. The van der Waals surface area contributed by atoms with Crippen LogP contribution in [0.1, 0.15) is 25.1 Å². The van der Waals surface area contributed by atoms with Gasteiger partial charge >= 0.3 is 0 Å². The van der Waals surface area contributed by atoms with Crippen LogP contribution in [0.3, 0.4) is 0 Å². The zero-order valence-corrected chi connectivity index (χ0v) is 12.1. The quantitative estimate of drug-likeness (QED) is 0.913. The van der Waals surface area contributed by atoms with Crippen molar-refractivity contribution in [2.45, 2.75) is 31.7 Å². The van der Waals surface area contributed by atoms with Crippen LogP contribution in [0, 0.1) is 0 Å². The van der Waals surface area contributed by atoms with E-state index in [2.05, 4.69) is 31.9 Å². The van der Waals surface area contributed by atoms with Crippen LogP contribution in [-0.2, 0) is 6.42 Å². The maximum atomic E-state index is 4.27. The lowest BCUT2D eigenvalue weighted by molar-refractivity contribution is 0.344. The Morgan fingerprint density at radius 1 is 1.25 bits per heavy atom. The van der Waals surface area contributed by atoms with E-state index in [4.69, 9.17) is 0 Å². The predicted octanol–water partition coefficient (Wildman–Crippen LogP) is 1.35. The van der Waals surface area contributed by atoms with E-state index >= 15 is 0 Å². The van der Waals surface area contributed by atoms with Gasteiger partial charge < -0.3 is 10.2 Å². The fourth-order valence-electron chi connectivity index (χ4n) is 2.89. The van der Waals surface area contributed by atoms with Gasteiger partial charge in [0.1, 0.15) is 5.82 Å². The Balaban J connectivity index is 1.52. The highest BCUT2D eigenvalue weighted by Crippen LogP contribution is 2.09. The SMILES string of the molecule is CN1CCCC(NCCc2nnc3ccccn23)CC1. The number of likely N-dealkylation sites (tertiary alicyclic amines) is 1. The number of nitrogens with one attached hydrogen (secondary N) is 1. The highest BCUT2D eigenvalue weighted by molar-refractivity contribution is 5.36. The first kappa shape index (κ1) is 13.5. The van der Waals surface area contributed by atoms with Crippen molar-refractivity contribution < 1.29 is 0 Å². The zero-order chi connectivity index (χ0) is 13.8. The first-order chi connectivity index (χ1) is 9.83. The molecule has 1 fully saturated rings. The van der Waals surface area contributed by atoms with Gasteiger partial charge in [-0.05, 0) is 51.5 Å². The summed E-state index contributed by atoms with van der Waals surface area (Å²) in [6.07, 6.45) is 6.78. The van der Waals surface area contributed by atoms with E-state index in [0.29, 0.717) is 6.04 Å². The smallest absolute Gasteiger partial charge is 0.160 e. The molecular weight excluding hydrogens is 250 g/mol. The van der Waals surface area contributed by atoms with Gasteiger partial charge in [0, 0.05) is 25.2 Å². The third-order valence-corrected chi connectivity index (χ3v) is 4.12. The van der Waals surface area contributed by atoms with Crippen LogP contribution >= 0.6 is 0 Å². The Bertz CT molecular complexity index is 550. The molecule has 0 radical (unpaired) electrons. The molecule has 1 aliphatic heterocycles. The second-order valence-electron chi connectivity index (χ2n) is 5.68. The number of hydrogen-bond acceptors (Lipinski definition) is 4. The summed E-state index contributed by atoms with van der Waals surface area (Å²) in [6.45, 7) is 3.41. The van der Waals surface area contributed by atoms with Gasteiger partial charge in [0.25, 0.3) is 0 Å². The summed E-state index contributed by atoms with van der Waals surface area (Å²) in [6, 6.07) is 6.66. The first-order valence-electron chi connectivity index (χ1n) is 7.53. The van der Waals surface area contributed by atoms with Crippen LogP contribution in [0.15, 0.2) is 24.4 Å². The van der Waals surface area contributed by atoms with Crippen LogP contribution in [0.25, 0.3) is 5.65 Å². The lowest BCUT2D eigenvalue weighted by Crippen LogP contribution is -2.32. The minimum atomic E-state index is 0.652. The fourth-order valence-corrected chi connectivity index (χ4v) is 2.89. The topological polar surface area (TPSA) is 45.5 Å². The van der Waals surface area contributed by atoms with Gasteiger partial charge in [0.05, 0.1) is 0 Å². The van der Waals surface area contributed by atoms with Crippen molar-refractivity contribution in [2.75, 3.05) is 26.7 Å². The molecule has 2 aromatic rings. The van der Waals surface area contributed by atoms with Gasteiger partial charge in [0.2, 0.25) is 0 Å². The maximum absolute atomic E-state index is 4.27. The highest BCUT2D eigenvalue weighted by Gasteiger charge is 2.14. The van der Waals surface area contributed by atoms with E-state index < -0.39 is 0 Å². The standard InChI is InChI=1S/C15H23N5/c1-19-10-4-5-13(8-12-19)16-9-7-15-18-17-14-6-2-3-11-20(14)15/h2-3,6,11,13,16H,4-5,7-10,12H2,1H3. The second kappa shape index (κ2) is 6.33. The summed E-state index contributed by atoms with van der Waals surface area (Å²) < 4.78 is 2.07. The van der Waals surface area contributed by atoms with E-state index in [9.17, 15) is 0 Å². The van der Waals surface area contributed by atoms with Crippen molar-refractivity contribution in [3.63, 3.8) is 0 Å². The van der Waals surface area contributed by atoms with E-state index in [1.165, 1.54) is 32.4 Å². The third-order valence-electron chi connectivity index (χ3n) is 4.12. The molecule has 5 nitrogen and oxygen atoms in total.